The summed E-state index contributed by atoms with van der Waals surface area (Å²) >= 11 is 0. The largest absolute Gasteiger partial charge is 0.489 e. The van der Waals surface area contributed by atoms with Crippen LogP contribution in [0.25, 0.3) is 6.08 Å². The second-order valence-corrected chi connectivity index (χ2v) is 5.78. The highest BCUT2D eigenvalue weighted by molar-refractivity contribution is 6.01. The number of ether oxygens (including phenoxy) is 1. The van der Waals surface area contributed by atoms with Gasteiger partial charge in [-0.2, -0.15) is 5.26 Å². The monoisotopic (exact) mass is 358 g/mol. The number of furan rings is 1. The summed E-state index contributed by atoms with van der Waals surface area (Å²) in [6.45, 7) is 0.714. The average molecular weight is 358 g/mol. The third-order valence-corrected chi connectivity index (χ3v) is 3.81. The molecule has 1 heterocycles. The van der Waals surface area contributed by atoms with E-state index in [9.17, 15) is 10.1 Å². The zero-order valence-corrected chi connectivity index (χ0v) is 14.6. The van der Waals surface area contributed by atoms with Crippen LogP contribution in [-0.2, 0) is 17.9 Å². The van der Waals surface area contributed by atoms with Crippen molar-refractivity contribution in [2.75, 3.05) is 0 Å². The molecule has 2 aromatic carbocycles. The Morgan fingerprint density at radius 3 is 2.52 bits per heavy atom. The topological polar surface area (TPSA) is 75.3 Å². The molecule has 3 aromatic rings. The van der Waals surface area contributed by atoms with Crippen LogP contribution in [0.1, 0.15) is 16.9 Å². The molecule has 1 N–H and O–H groups in total. The number of nitriles is 1. The van der Waals surface area contributed by atoms with Crippen LogP contribution < -0.4 is 10.1 Å². The smallest absolute Gasteiger partial charge is 0.262 e. The number of hydrogen-bond donors (Lipinski definition) is 1. The predicted octanol–water partition coefficient (Wildman–Crippen LogP) is 4.08. The highest BCUT2D eigenvalue weighted by Gasteiger charge is 2.09. The van der Waals surface area contributed by atoms with E-state index in [0.29, 0.717) is 12.4 Å². The molecule has 3 rings (SSSR count). The number of nitrogens with zero attached hydrogens (tertiary/aromatic N) is 1. The van der Waals surface area contributed by atoms with Crippen LogP contribution in [0.2, 0.25) is 0 Å². The Kier molecular flexibility index (Phi) is 6.05. The quantitative estimate of drug-likeness (QED) is 0.510. The molecular weight excluding hydrogens is 340 g/mol. The van der Waals surface area contributed by atoms with Crippen LogP contribution in [0, 0.1) is 11.3 Å². The lowest BCUT2D eigenvalue weighted by Gasteiger charge is -2.06. The standard InChI is InChI=1S/C22H18N2O3/c23-14-19(22(25)24-15-21-7-4-12-26-21)13-17-8-10-20(11-9-17)27-16-18-5-2-1-3-6-18/h1-13H,15-16H2,(H,24,25)/b19-13-. The first-order valence-electron chi connectivity index (χ1n) is 8.44. The van der Waals surface area contributed by atoms with E-state index >= 15 is 0 Å². The zero-order valence-electron chi connectivity index (χ0n) is 14.6. The third kappa shape index (κ3) is 5.35. The van der Waals surface area contributed by atoms with E-state index in [2.05, 4.69) is 5.32 Å². The first kappa shape index (κ1) is 18.0. The summed E-state index contributed by atoms with van der Waals surface area (Å²) in [6, 6.07) is 22.5. The number of nitrogens with one attached hydrogen (secondary N) is 1. The van der Waals surface area contributed by atoms with E-state index in [1.54, 1.807) is 30.3 Å². The molecule has 0 atom stereocenters. The minimum Gasteiger partial charge on any atom is -0.489 e. The highest BCUT2D eigenvalue weighted by Crippen LogP contribution is 2.16. The van der Waals surface area contributed by atoms with Gasteiger partial charge in [-0.25, -0.2) is 0 Å². The summed E-state index contributed by atoms with van der Waals surface area (Å²) in [5.74, 6) is 0.899. The minimum absolute atomic E-state index is 0.0273. The molecule has 0 radical (unpaired) electrons. The second-order valence-electron chi connectivity index (χ2n) is 5.78. The number of hydrogen-bond acceptors (Lipinski definition) is 4. The highest BCUT2D eigenvalue weighted by atomic mass is 16.5. The molecule has 134 valence electrons. The second kappa shape index (κ2) is 9.07. The van der Waals surface area contributed by atoms with E-state index < -0.39 is 5.91 Å². The Morgan fingerprint density at radius 1 is 1.07 bits per heavy atom. The van der Waals surface area contributed by atoms with Gasteiger partial charge < -0.3 is 14.5 Å². The van der Waals surface area contributed by atoms with E-state index in [4.69, 9.17) is 9.15 Å². The van der Waals surface area contributed by atoms with E-state index in [-0.39, 0.29) is 12.1 Å². The average Bonchev–Trinajstić information content (AvgIpc) is 3.24. The van der Waals surface area contributed by atoms with Gasteiger partial charge in [0.05, 0.1) is 12.8 Å². The maximum Gasteiger partial charge on any atom is 0.262 e. The molecule has 0 fully saturated rings. The summed E-state index contributed by atoms with van der Waals surface area (Å²) < 4.78 is 10.9. The Morgan fingerprint density at radius 2 is 1.85 bits per heavy atom. The van der Waals surface area contributed by atoms with Gasteiger partial charge in [0.1, 0.15) is 29.8 Å². The van der Waals surface area contributed by atoms with Crippen LogP contribution in [0.5, 0.6) is 5.75 Å². The molecule has 27 heavy (non-hydrogen) atoms. The lowest BCUT2D eigenvalue weighted by Crippen LogP contribution is -2.23. The molecule has 0 unspecified atom stereocenters. The maximum atomic E-state index is 12.1. The number of carbonyl (C=O) groups excluding carboxylic acids is 1. The van der Waals surface area contributed by atoms with Crippen molar-refractivity contribution in [3.05, 3.63) is 95.5 Å². The van der Waals surface area contributed by atoms with Gasteiger partial charge in [0.15, 0.2) is 0 Å². The number of rotatable bonds is 7. The van der Waals surface area contributed by atoms with Crippen LogP contribution >= 0.6 is 0 Å². The van der Waals surface area contributed by atoms with Crippen molar-refractivity contribution in [1.82, 2.24) is 5.32 Å². The summed E-state index contributed by atoms with van der Waals surface area (Å²) in [5.41, 5.74) is 1.85. The fraction of sp³-hybridized carbons (Fsp3) is 0.0909. The van der Waals surface area contributed by atoms with Crippen molar-refractivity contribution in [1.29, 1.82) is 5.26 Å². The molecule has 0 saturated carbocycles. The van der Waals surface area contributed by atoms with Gasteiger partial charge >= 0.3 is 0 Å². The molecular formula is C22H18N2O3. The molecule has 5 nitrogen and oxygen atoms in total. The lowest BCUT2D eigenvalue weighted by molar-refractivity contribution is -0.117. The Hall–Kier alpha value is -3.78. The first-order chi connectivity index (χ1) is 13.2. The van der Waals surface area contributed by atoms with Gasteiger partial charge in [-0.05, 0) is 41.5 Å². The van der Waals surface area contributed by atoms with Gasteiger partial charge in [0.25, 0.3) is 5.91 Å². The Balaban J connectivity index is 1.59. The molecule has 1 amide bonds. The summed E-state index contributed by atoms with van der Waals surface area (Å²) in [4.78, 5) is 12.1. The summed E-state index contributed by atoms with van der Waals surface area (Å²) in [5, 5.41) is 11.9. The van der Waals surface area contributed by atoms with Crippen molar-refractivity contribution in [2.24, 2.45) is 0 Å². The molecule has 0 spiro atoms. The molecule has 0 bridgehead atoms. The maximum absolute atomic E-state index is 12.1. The number of benzene rings is 2. The van der Waals surface area contributed by atoms with Gasteiger partial charge in [-0.3, -0.25) is 4.79 Å². The number of carbonyl (C=O) groups is 1. The van der Waals surface area contributed by atoms with Crippen LogP contribution in [0.15, 0.2) is 83.0 Å². The normalized spacial score (nSPS) is 10.9. The van der Waals surface area contributed by atoms with Crippen molar-refractivity contribution < 1.29 is 13.9 Å². The third-order valence-electron chi connectivity index (χ3n) is 3.81. The fourth-order valence-electron chi connectivity index (χ4n) is 2.39. The number of amides is 1. The fourth-order valence-corrected chi connectivity index (χ4v) is 2.39. The Labute approximate surface area is 157 Å². The molecule has 5 heteroatoms. The van der Waals surface area contributed by atoms with Crippen molar-refractivity contribution >= 4 is 12.0 Å². The van der Waals surface area contributed by atoms with Crippen LogP contribution in [0.4, 0.5) is 0 Å². The van der Waals surface area contributed by atoms with Crippen molar-refractivity contribution in [3.8, 4) is 11.8 Å². The lowest BCUT2D eigenvalue weighted by atomic mass is 10.1. The van der Waals surface area contributed by atoms with Gasteiger partial charge in [0.2, 0.25) is 0 Å². The SMILES string of the molecule is N#C/C(=C/c1ccc(OCc2ccccc2)cc1)C(=O)NCc1ccco1. The van der Waals surface area contributed by atoms with E-state index in [1.165, 1.54) is 6.26 Å². The van der Waals surface area contributed by atoms with Gasteiger partial charge in [-0.15, -0.1) is 0 Å². The molecule has 1 aromatic heterocycles. The molecule has 0 saturated heterocycles. The molecule has 0 aliphatic heterocycles. The van der Waals surface area contributed by atoms with Gasteiger partial charge in [-0.1, -0.05) is 42.5 Å². The molecule has 0 aliphatic rings. The summed E-state index contributed by atoms with van der Waals surface area (Å²) in [7, 11) is 0. The van der Waals surface area contributed by atoms with Crippen LogP contribution in [0.3, 0.4) is 0 Å². The Bertz CT molecular complexity index is 937. The van der Waals surface area contributed by atoms with E-state index in [1.807, 2.05) is 48.5 Å². The van der Waals surface area contributed by atoms with Crippen LogP contribution in [-0.4, -0.2) is 5.91 Å². The molecule has 0 aliphatic carbocycles. The van der Waals surface area contributed by atoms with Crippen molar-refractivity contribution in [3.63, 3.8) is 0 Å². The van der Waals surface area contributed by atoms with Crippen molar-refractivity contribution in [2.45, 2.75) is 13.2 Å². The van der Waals surface area contributed by atoms with Gasteiger partial charge in [0, 0.05) is 0 Å². The summed E-state index contributed by atoms with van der Waals surface area (Å²) in [6.07, 6.45) is 3.07. The minimum atomic E-state index is -0.446. The predicted molar refractivity (Wildman–Crippen MR) is 101 cm³/mol. The van der Waals surface area contributed by atoms with E-state index in [0.717, 1.165) is 16.9 Å². The first-order valence-corrected chi connectivity index (χ1v) is 8.44. The zero-order chi connectivity index (χ0) is 18.9.